The number of nitrogens with zero attached hydrogens (tertiary/aromatic N) is 1. The van der Waals surface area contributed by atoms with Crippen LogP contribution in [-0.4, -0.2) is 31.5 Å². The molecule has 0 saturated carbocycles. The summed E-state index contributed by atoms with van der Waals surface area (Å²) in [5, 5.41) is 0. The van der Waals surface area contributed by atoms with E-state index in [1.807, 2.05) is 18.2 Å². The Hall–Kier alpha value is -1.51. The summed E-state index contributed by atoms with van der Waals surface area (Å²) in [4.78, 5) is 12.0. The lowest BCUT2D eigenvalue weighted by molar-refractivity contribution is -0.117. The predicted molar refractivity (Wildman–Crippen MR) is 69.3 cm³/mol. The molecule has 3 heteroatoms. The van der Waals surface area contributed by atoms with Gasteiger partial charge in [0.2, 0.25) is 6.41 Å². The summed E-state index contributed by atoms with van der Waals surface area (Å²) in [6, 6.07) is 8.04. The lowest BCUT2D eigenvalue weighted by Gasteiger charge is -2.23. The van der Waals surface area contributed by atoms with Gasteiger partial charge < -0.3 is 9.64 Å². The van der Waals surface area contributed by atoms with Crippen LogP contribution in [0.15, 0.2) is 24.3 Å². The average Bonchev–Trinajstić information content (AvgIpc) is 2.28. The third kappa shape index (κ3) is 4.10. The van der Waals surface area contributed by atoms with E-state index >= 15 is 0 Å². The monoisotopic (exact) mass is 235 g/mol. The molecular formula is C14H21NO2. The first-order valence-corrected chi connectivity index (χ1v) is 5.83. The fourth-order valence-electron chi connectivity index (χ4n) is 1.56. The Kier molecular flexibility index (Phi) is 4.55. The number of amides is 1. The van der Waals surface area contributed by atoms with E-state index in [9.17, 15) is 4.79 Å². The first-order valence-electron chi connectivity index (χ1n) is 5.83. The predicted octanol–water partition coefficient (Wildman–Crippen LogP) is 2.45. The van der Waals surface area contributed by atoms with Gasteiger partial charge in [0.05, 0.1) is 6.54 Å². The maximum atomic E-state index is 10.4. The van der Waals surface area contributed by atoms with Gasteiger partial charge in [-0.2, -0.15) is 0 Å². The van der Waals surface area contributed by atoms with E-state index < -0.39 is 0 Å². The number of para-hydroxylation sites is 1. The normalized spacial score (nSPS) is 11.1. The lowest BCUT2D eigenvalue weighted by atomic mass is 9.86. The number of rotatable bonds is 5. The van der Waals surface area contributed by atoms with Crippen molar-refractivity contribution in [2.75, 3.05) is 20.2 Å². The quantitative estimate of drug-likeness (QED) is 0.734. The molecule has 0 unspecified atom stereocenters. The molecule has 0 aliphatic carbocycles. The van der Waals surface area contributed by atoms with Gasteiger partial charge in [-0.3, -0.25) is 4.79 Å². The molecule has 3 nitrogen and oxygen atoms in total. The van der Waals surface area contributed by atoms with E-state index in [4.69, 9.17) is 4.74 Å². The third-order valence-corrected chi connectivity index (χ3v) is 2.58. The Bertz CT molecular complexity index is 369. The molecule has 1 aromatic rings. The van der Waals surface area contributed by atoms with E-state index in [0.717, 1.165) is 12.2 Å². The molecule has 94 valence electrons. The molecule has 0 spiro atoms. The van der Waals surface area contributed by atoms with Gasteiger partial charge in [0.25, 0.3) is 0 Å². The highest BCUT2D eigenvalue weighted by Gasteiger charge is 2.18. The second-order valence-corrected chi connectivity index (χ2v) is 5.18. The third-order valence-electron chi connectivity index (χ3n) is 2.58. The second kappa shape index (κ2) is 5.71. The van der Waals surface area contributed by atoms with Crippen LogP contribution < -0.4 is 4.74 Å². The van der Waals surface area contributed by atoms with Crippen molar-refractivity contribution in [3.63, 3.8) is 0 Å². The largest absolute Gasteiger partial charge is 0.491 e. The SMILES string of the molecule is CN(C=O)CCOc1ccccc1C(C)(C)C. The number of ether oxygens (including phenoxy) is 1. The fourth-order valence-corrected chi connectivity index (χ4v) is 1.56. The second-order valence-electron chi connectivity index (χ2n) is 5.18. The minimum Gasteiger partial charge on any atom is -0.491 e. The smallest absolute Gasteiger partial charge is 0.209 e. The van der Waals surface area contributed by atoms with Crippen LogP contribution in [0.5, 0.6) is 5.75 Å². The van der Waals surface area contributed by atoms with E-state index in [2.05, 4.69) is 26.8 Å². The first-order chi connectivity index (χ1) is 7.95. The number of hydrogen-bond donors (Lipinski definition) is 0. The average molecular weight is 235 g/mol. The van der Waals surface area contributed by atoms with Crippen molar-refractivity contribution in [3.05, 3.63) is 29.8 Å². The standard InChI is InChI=1S/C14H21NO2/c1-14(2,3)12-7-5-6-8-13(12)17-10-9-15(4)11-16/h5-8,11H,9-10H2,1-4H3. The summed E-state index contributed by atoms with van der Waals surface area (Å²) in [5.41, 5.74) is 1.25. The van der Waals surface area contributed by atoms with Crippen LogP contribution in [0.3, 0.4) is 0 Å². The fraction of sp³-hybridized carbons (Fsp3) is 0.500. The number of carbonyl (C=O) groups is 1. The Morgan fingerprint density at radius 3 is 2.53 bits per heavy atom. The van der Waals surface area contributed by atoms with E-state index in [-0.39, 0.29) is 5.41 Å². The van der Waals surface area contributed by atoms with E-state index in [1.165, 1.54) is 5.56 Å². The molecule has 0 aliphatic heterocycles. The van der Waals surface area contributed by atoms with Gasteiger partial charge in [-0.15, -0.1) is 0 Å². The van der Waals surface area contributed by atoms with Crippen LogP contribution >= 0.6 is 0 Å². The Balaban J connectivity index is 2.68. The molecule has 0 heterocycles. The highest BCUT2D eigenvalue weighted by molar-refractivity contribution is 5.46. The lowest BCUT2D eigenvalue weighted by Crippen LogP contribution is -2.23. The van der Waals surface area contributed by atoms with E-state index in [0.29, 0.717) is 13.2 Å². The minimum absolute atomic E-state index is 0.0627. The molecule has 1 aromatic carbocycles. The van der Waals surface area contributed by atoms with Gasteiger partial charge in [0.1, 0.15) is 12.4 Å². The van der Waals surface area contributed by atoms with Gasteiger partial charge in [0.15, 0.2) is 0 Å². The molecule has 0 atom stereocenters. The molecule has 0 aromatic heterocycles. The highest BCUT2D eigenvalue weighted by Crippen LogP contribution is 2.30. The van der Waals surface area contributed by atoms with E-state index in [1.54, 1.807) is 11.9 Å². The maximum Gasteiger partial charge on any atom is 0.209 e. The Morgan fingerprint density at radius 2 is 1.94 bits per heavy atom. The van der Waals surface area contributed by atoms with Crippen molar-refractivity contribution in [1.29, 1.82) is 0 Å². The number of carbonyl (C=O) groups excluding carboxylic acids is 1. The number of likely N-dealkylation sites (N-methyl/N-ethyl adjacent to an activating group) is 1. The van der Waals surface area contributed by atoms with Gasteiger partial charge in [-0.1, -0.05) is 39.0 Å². The van der Waals surface area contributed by atoms with Crippen LogP contribution in [0.4, 0.5) is 0 Å². The van der Waals surface area contributed by atoms with Crippen LogP contribution in [-0.2, 0) is 10.2 Å². The van der Waals surface area contributed by atoms with Crippen LogP contribution in [0.1, 0.15) is 26.3 Å². The molecule has 17 heavy (non-hydrogen) atoms. The Morgan fingerprint density at radius 1 is 1.29 bits per heavy atom. The molecule has 0 radical (unpaired) electrons. The summed E-state index contributed by atoms with van der Waals surface area (Å²) in [7, 11) is 1.74. The molecule has 0 aliphatic rings. The topological polar surface area (TPSA) is 29.5 Å². The van der Waals surface area contributed by atoms with Crippen molar-refractivity contribution < 1.29 is 9.53 Å². The van der Waals surface area contributed by atoms with Gasteiger partial charge in [0, 0.05) is 7.05 Å². The zero-order valence-electron chi connectivity index (χ0n) is 11.1. The molecule has 0 N–H and O–H groups in total. The highest BCUT2D eigenvalue weighted by atomic mass is 16.5. The van der Waals surface area contributed by atoms with Crippen LogP contribution in [0.25, 0.3) is 0 Å². The zero-order valence-corrected chi connectivity index (χ0v) is 11.1. The van der Waals surface area contributed by atoms with Crippen molar-refractivity contribution >= 4 is 6.41 Å². The number of benzene rings is 1. The number of hydrogen-bond acceptors (Lipinski definition) is 2. The van der Waals surface area contributed by atoms with Crippen molar-refractivity contribution in [2.45, 2.75) is 26.2 Å². The summed E-state index contributed by atoms with van der Waals surface area (Å²) < 4.78 is 5.74. The van der Waals surface area contributed by atoms with Gasteiger partial charge in [-0.05, 0) is 17.0 Å². The maximum absolute atomic E-state index is 10.4. The molecule has 1 rings (SSSR count). The summed E-state index contributed by atoms with van der Waals surface area (Å²) in [6.07, 6.45) is 0.805. The molecule has 1 amide bonds. The molecule has 0 bridgehead atoms. The minimum atomic E-state index is 0.0627. The van der Waals surface area contributed by atoms with Gasteiger partial charge in [-0.25, -0.2) is 0 Å². The molecule has 0 fully saturated rings. The molecular weight excluding hydrogens is 214 g/mol. The summed E-state index contributed by atoms with van der Waals surface area (Å²) in [6.45, 7) is 7.59. The zero-order chi connectivity index (χ0) is 12.9. The summed E-state index contributed by atoms with van der Waals surface area (Å²) in [5.74, 6) is 0.902. The van der Waals surface area contributed by atoms with Crippen LogP contribution in [0, 0.1) is 0 Å². The van der Waals surface area contributed by atoms with Crippen molar-refractivity contribution in [2.24, 2.45) is 0 Å². The Labute approximate surface area is 103 Å². The molecule has 0 saturated heterocycles. The summed E-state index contributed by atoms with van der Waals surface area (Å²) >= 11 is 0. The first kappa shape index (κ1) is 13.6. The van der Waals surface area contributed by atoms with Crippen LogP contribution in [0.2, 0.25) is 0 Å². The van der Waals surface area contributed by atoms with Crippen molar-refractivity contribution in [3.8, 4) is 5.75 Å². The van der Waals surface area contributed by atoms with Gasteiger partial charge >= 0.3 is 0 Å². The van der Waals surface area contributed by atoms with Crippen molar-refractivity contribution in [1.82, 2.24) is 4.90 Å².